The molecule has 0 saturated carbocycles. The summed E-state index contributed by atoms with van der Waals surface area (Å²) in [5.74, 6) is 0.810. The second-order valence-electron chi connectivity index (χ2n) is 9.05. The minimum atomic E-state index is 0.810. The third-order valence-electron chi connectivity index (χ3n) is 6.43. The predicted octanol–water partition coefficient (Wildman–Crippen LogP) is 10.6. The van der Waals surface area contributed by atoms with Crippen LogP contribution in [0, 0.1) is 0 Å². The van der Waals surface area contributed by atoms with E-state index in [0.29, 0.717) is 0 Å². The van der Waals surface area contributed by atoms with Gasteiger partial charge in [-0.3, -0.25) is 0 Å². The molecule has 1 unspecified atom stereocenters. The minimum Gasteiger partial charge on any atom is -0.149 e. The fourth-order valence-electron chi connectivity index (χ4n) is 4.59. The number of thiophene rings is 2. The van der Waals surface area contributed by atoms with Crippen molar-refractivity contribution in [2.24, 2.45) is 0 Å². The zero-order chi connectivity index (χ0) is 21.3. The summed E-state index contributed by atoms with van der Waals surface area (Å²) < 4.78 is 0. The first kappa shape index (κ1) is 25.7. The average molecular weight is 447 g/mol. The highest BCUT2D eigenvalue weighted by atomic mass is 32.1. The molecule has 2 heterocycles. The van der Waals surface area contributed by atoms with Gasteiger partial charge in [0.1, 0.15) is 0 Å². The molecule has 0 nitrogen and oxygen atoms in total. The van der Waals surface area contributed by atoms with Crippen molar-refractivity contribution in [3.8, 4) is 0 Å². The van der Waals surface area contributed by atoms with Crippen LogP contribution in [0.5, 0.6) is 0 Å². The molecule has 0 aliphatic heterocycles. The normalized spacial score (nSPS) is 12.5. The molecule has 0 N–H and O–H groups in total. The largest absolute Gasteiger partial charge is 0.149 e. The maximum absolute atomic E-state index is 2.40. The van der Waals surface area contributed by atoms with Gasteiger partial charge in [0.15, 0.2) is 0 Å². The van der Waals surface area contributed by atoms with Crippen LogP contribution in [0.15, 0.2) is 29.0 Å². The first-order valence-electron chi connectivity index (χ1n) is 12.9. The van der Waals surface area contributed by atoms with E-state index in [1.165, 1.54) is 109 Å². The second-order valence-corrected chi connectivity index (χ2v) is 11.0. The number of hydrogen-bond donors (Lipinski definition) is 0. The van der Waals surface area contributed by atoms with E-state index in [0.717, 1.165) is 5.92 Å². The molecule has 0 aromatic carbocycles. The van der Waals surface area contributed by atoms with Crippen LogP contribution in [0.2, 0.25) is 0 Å². The van der Waals surface area contributed by atoms with Crippen molar-refractivity contribution >= 4 is 22.7 Å². The summed E-state index contributed by atoms with van der Waals surface area (Å²) >= 11 is 3.96. The smallest absolute Gasteiger partial charge is 0.00772 e. The quantitative estimate of drug-likeness (QED) is 0.188. The highest BCUT2D eigenvalue weighted by Crippen LogP contribution is 2.30. The van der Waals surface area contributed by atoms with Crippen molar-refractivity contribution in [2.45, 2.75) is 129 Å². The van der Waals surface area contributed by atoms with E-state index in [4.69, 9.17) is 0 Å². The van der Waals surface area contributed by atoms with E-state index in [1.54, 1.807) is 15.3 Å². The van der Waals surface area contributed by atoms with Gasteiger partial charge >= 0.3 is 0 Å². The molecule has 170 valence electrons. The van der Waals surface area contributed by atoms with Crippen LogP contribution < -0.4 is 0 Å². The van der Waals surface area contributed by atoms with Gasteiger partial charge in [-0.05, 0) is 72.9 Å². The van der Waals surface area contributed by atoms with Crippen molar-refractivity contribution in [3.63, 3.8) is 0 Å². The predicted molar refractivity (Wildman–Crippen MR) is 139 cm³/mol. The molecule has 2 rings (SSSR count). The zero-order valence-corrected chi connectivity index (χ0v) is 21.4. The van der Waals surface area contributed by atoms with E-state index < -0.39 is 0 Å². The van der Waals surface area contributed by atoms with Crippen molar-refractivity contribution in [1.82, 2.24) is 0 Å². The lowest BCUT2D eigenvalue weighted by molar-refractivity contribution is 0.522. The van der Waals surface area contributed by atoms with Crippen LogP contribution in [0.1, 0.15) is 131 Å². The molecular weight excluding hydrogens is 400 g/mol. The molecule has 0 amide bonds. The van der Waals surface area contributed by atoms with E-state index >= 15 is 0 Å². The molecular formula is C28H46S2. The van der Waals surface area contributed by atoms with Crippen LogP contribution >= 0.6 is 22.7 Å². The molecule has 0 aliphatic carbocycles. The van der Waals surface area contributed by atoms with Crippen LogP contribution in [0.3, 0.4) is 0 Å². The fourth-order valence-corrected chi connectivity index (χ4v) is 6.47. The monoisotopic (exact) mass is 446 g/mol. The summed E-state index contributed by atoms with van der Waals surface area (Å²) in [6.07, 6.45) is 23.6. The standard InChI is InChI=1S/C28H46S2/c1-3-5-6-7-8-9-10-15-20-27-26(22-24-30-27)19-14-12-11-13-18-25(17-4-2)28-21-16-23-29-28/h16,21-25H,3-15,17-20H2,1-2H3. The zero-order valence-electron chi connectivity index (χ0n) is 19.8. The molecule has 2 aromatic rings. The maximum Gasteiger partial charge on any atom is 0.00772 e. The lowest BCUT2D eigenvalue weighted by atomic mass is 9.94. The van der Waals surface area contributed by atoms with Gasteiger partial charge in [-0.25, -0.2) is 0 Å². The highest BCUT2D eigenvalue weighted by molar-refractivity contribution is 7.10. The molecule has 2 aromatic heterocycles. The Morgan fingerprint density at radius 2 is 1.33 bits per heavy atom. The van der Waals surface area contributed by atoms with E-state index in [1.807, 2.05) is 22.7 Å². The second kappa shape index (κ2) is 17.0. The number of aryl methyl sites for hydroxylation is 2. The molecule has 0 aliphatic rings. The van der Waals surface area contributed by atoms with Crippen molar-refractivity contribution < 1.29 is 0 Å². The van der Waals surface area contributed by atoms with Gasteiger partial charge in [-0.15, -0.1) is 22.7 Å². The Morgan fingerprint density at radius 1 is 0.633 bits per heavy atom. The Balaban J connectivity index is 1.53. The summed E-state index contributed by atoms with van der Waals surface area (Å²) in [7, 11) is 0. The maximum atomic E-state index is 2.40. The molecule has 2 heteroatoms. The average Bonchev–Trinajstić information content (AvgIpc) is 3.44. The number of hydrogen-bond acceptors (Lipinski definition) is 2. The SMILES string of the molecule is CCCCCCCCCCc1sccc1CCCCCCC(CCC)c1cccs1. The van der Waals surface area contributed by atoms with Crippen LogP contribution in [-0.4, -0.2) is 0 Å². The third-order valence-corrected chi connectivity index (χ3v) is 8.48. The first-order valence-corrected chi connectivity index (χ1v) is 14.7. The first-order chi connectivity index (χ1) is 14.8. The van der Waals surface area contributed by atoms with Gasteiger partial charge in [0.05, 0.1) is 0 Å². The van der Waals surface area contributed by atoms with E-state index in [2.05, 4.69) is 42.8 Å². The Bertz CT molecular complexity index is 610. The summed E-state index contributed by atoms with van der Waals surface area (Å²) in [5, 5.41) is 4.57. The fraction of sp³-hybridized carbons (Fsp3) is 0.714. The van der Waals surface area contributed by atoms with E-state index in [-0.39, 0.29) is 0 Å². The van der Waals surface area contributed by atoms with Crippen molar-refractivity contribution in [1.29, 1.82) is 0 Å². The number of unbranched alkanes of at least 4 members (excludes halogenated alkanes) is 10. The summed E-state index contributed by atoms with van der Waals surface area (Å²) in [4.78, 5) is 3.29. The van der Waals surface area contributed by atoms with Gasteiger partial charge in [-0.2, -0.15) is 0 Å². The Hall–Kier alpha value is -0.600. The van der Waals surface area contributed by atoms with E-state index in [9.17, 15) is 0 Å². The van der Waals surface area contributed by atoms with Crippen LogP contribution in [-0.2, 0) is 12.8 Å². The molecule has 0 spiro atoms. The Kier molecular flexibility index (Phi) is 14.6. The third kappa shape index (κ3) is 10.6. The molecule has 0 bridgehead atoms. The molecule has 0 fully saturated rings. The number of rotatable bonds is 19. The highest BCUT2D eigenvalue weighted by Gasteiger charge is 2.11. The Morgan fingerprint density at radius 3 is 2.03 bits per heavy atom. The summed E-state index contributed by atoms with van der Waals surface area (Å²) in [6, 6.07) is 6.96. The molecule has 0 radical (unpaired) electrons. The minimum absolute atomic E-state index is 0.810. The molecule has 0 saturated heterocycles. The summed E-state index contributed by atoms with van der Waals surface area (Å²) in [6.45, 7) is 4.63. The van der Waals surface area contributed by atoms with Crippen molar-refractivity contribution in [2.75, 3.05) is 0 Å². The molecule has 30 heavy (non-hydrogen) atoms. The summed E-state index contributed by atoms with van der Waals surface area (Å²) in [5.41, 5.74) is 1.66. The van der Waals surface area contributed by atoms with Gasteiger partial charge < -0.3 is 0 Å². The lowest BCUT2D eigenvalue weighted by Crippen LogP contribution is -1.96. The topological polar surface area (TPSA) is 0 Å². The van der Waals surface area contributed by atoms with Crippen LogP contribution in [0.25, 0.3) is 0 Å². The lowest BCUT2D eigenvalue weighted by Gasteiger charge is -2.14. The Labute approximate surface area is 195 Å². The van der Waals surface area contributed by atoms with Gasteiger partial charge in [-0.1, -0.05) is 90.5 Å². The van der Waals surface area contributed by atoms with Crippen molar-refractivity contribution in [3.05, 3.63) is 44.3 Å². The molecule has 1 atom stereocenters. The van der Waals surface area contributed by atoms with Gasteiger partial charge in [0, 0.05) is 9.75 Å². The van der Waals surface area contributed by atoms with Gasteiger partial charge in [0.25, 0.3) is 0 Å². The van der Waals surface area contributed by atoms with Crippen LogP contribution in [0.4, 0.5) is 0 Å². The van der Waals surface area contributed by atoms with Gasteiger partial charge in [0.2, 0.25) is 0 Å².